The fraction of sp³-hybridized carbons (Fsp3) is 0. The molecule has 0 bridgehead atoms. The summed E-state index contributed by atoms with van der Waals surface area (Å²) in [6, 6.07) is 58.2. The van der Waals surface area contributed by atoms with Gasteiger partial charge in [-0.25, -0.2) is 0 Å². The minimum Gasteiger partial charge on any atom is -0.455 e. The maximum absolute atomic E-state index is 6.66. The van der Waals surface area contributed by atoms with Gasteiger partial charge in [-0.2, -0.15) is 0 Å². The standard InChI is InChI=1S/C42H27NOS/c1-3-12-28(13-4-1)29-22-24-32(25-23-29)43(31-15-5-2-6-16-31)33-17-11-14-30(26-33)36-27-37-34-18-8-10-21-39(34)45-42(37)40-35-19-7-9-20-38(35)44-41(36)40/h1-27H. The van der Waals surface area contributed by atoms with Crippen molar-refractivity contribution < 1.29 is 4.42 Å². The van der Waals surface area contributed by atoms with Crippen LogP contribution < -0.4 is 4.90 Å². The summed E-state index contributed by atoms with van der Waals surface area (Å²) in [6.07, 6.45) is 0. The minimum absolute atomic E-state index is 0.916. The summed E-state index contributed by atoms with van der Waals surface area (Å²) < 4.78 is 9.23. The monoisotopic (exact) mass is 593 g/mol. The lowest BCUT2D eigenvalue weighted by atomic mass is 9.98. The molecular weight excluding hydrogens is 567 g/mol. The first-order valence-electron chi connectivity index (χ1n) is 15.2. The van der Waals surface area contributed by atoms with Crippen LogP contribution in [0.4, 0.5) is 17.1 Å². The van der Waals surface area contributed by atoms with E-state index in [4.69, 9.17) is 4.42 Å². The van der Waals surface area contributed by atoms with Crippen LogP contribution in [-0.2, 0) is 0 Å². The normalized spacial score (nSPS) is 11.6. The van der Waals surface area contributed by atoms with E-state index in [9.17, 15) is 0 Å². The summed E-state index contributed by atoms with van der Waals surface area (Å²) in [4.78, 5) is 2.33. The molecule has 0 aliphatic rings. The molecule has 0 N–H and O–H groups in total. The summed E-state index contributed by atoms with van der Waals surface area (Å²) in [6.45, 7) is 0. The van der Waals surface area contributed by atoms with E-state index < -0.39 is 0 Å². The molecule has 2 aromatic heterocycles. The fourth-order valence-electron chi connectivity index (χ4n) is 6.55. The Bertz CT molecular complexity index is 2470. The second kappa shape index (κ2) is 10.5. The van der Waals surface area contributed by atoms with E-state index in [1.165, 1.54) is 36.7 Å². The third-order valence-electron chi connectivity index (χ3n) is 8.65. The minimum atomic E-state index is 0.916. The van der Waals surface area contributed by atoms with Crippen molar-refractivity contribution in [3.63, 3.8) is 0 Å². The highest BCUT2D eigenvalue weighted by Gasteiger charge is 2.20. The van der Waals surface area contributed by atoms with Crippen LogP contribution in [0.15, 0.2) is 168 Å². The second-order valence-electron chi connectivity index (χ2n) is 11.3. The molecule has 0 radical (unpaired) electrons. The molecule has 3 heteroatoms. The van der Waals surface area contributed by atoms with Gasteiger partial charge < -0.3 is 9.32 Å². The Morgan fingerprint density at radius 2 is 1.07 bits per heavy atom. The largest absolute Gasteiger partial charge is 0.455 e. The molecule has 212 valence electrons. The van der Waals surface area contributed by atoms with Crippen LogP contribution in [0, 0.1) is 0 Å². The molecule has 0 unspecified atom stereocenters. The van der Waals surface area contributed by atoms with E-state index in [1.807, 2.05) is 17.4 Å². The van der Waals surface area contributed by atoms with Crippen LogP contribution in [0.2, 0.25) is 0 Å². The molecule has 0 spiro atoms. The number of anilines is 3. The van der Waals surface area contributed by atoms with Gasteiger partial charge in [-0.15, -0.1) is 11.3 Å². The van der Waals surface area contributed by atoms with Gasteiger partial charge in [-0.1, -0.05) is 109 Å². The third-order valence-corrected chi connectivity index (χ3v) is 9.86. The number of benzene rings is 7. The number of thiophene rings is 1. The highest BCUT2D eigenvalue weighted by Crippen LogP contribution is 2.47. The highest BCUT2D eigenvalue weighted by molar-refractivity contribution is 7.26. The molecule has 0 aliphatic carbocycles. The molecule has 0 aliphatic heterocycles. The van der Waals surface area contributed by atoms with Crippen LogP contribution in [0.1, 0.15) is 0 Å². The third kappa shape index (κ3) is 4.32. The van der Waals surface area contributed by atoms with E-state index >= 15 is 0 Å². The van der Waals surface area contributed by atoms with E-state index in [1.54, 1.807) is 0 Å². The smallest absolute Gasteiger partial charge is 0.144 e. The second-order valence-corrected chi connectivity index (χ2v) is 12.4. The average molecular weight is 594 g/mol. The molecule has 9 rings (SSSR count). The Kier molecular flexibility index (Phi) is 6.03. The van der Waals surface area contributed by atoms with E-state index in [2.05, 4.69) is 163 Å². The van der Waals surface area contributed by atoms with Crippen LogP contribution in [0.25, 0.3) is 64.4 Å². The van der Waals surface area contributed by atoms with Crippen LogP contribution in [0.3, 0.4) is 0 Å². The molecule has 2 nitrogen and oxygen atoms in total. The molecule has 45 heavy (non-hydrogen) atoms. The van der Waals surface area contributed by atoms with Crippen molar-refractivity contribution in [3.8, 4) is 22.3 Å². The molecule has 9 aromatic rings. The molecule has 2 heterocycles. The predicted molar refractivity (Wildman–Crippen MR) is 192 cm³/mol. The number of para-hydroxylation sites is 2. The van der Waals surface area contributed by atoms with Gasteiger partial charge in [0.25, 0.3) is 0 Å². The quantitative estimate of drug-likeness (QED) is 0.197. The zero-order valence-corrected chi connectivity index (χ0v) is 25.2. The first-order valence-corrected chi connectivity index (χ1v) is 16.0. The Labute approximate surface area is 265 Å². The van der Waals surface area contributed by atoms with Crippen molar-refractivity contribution in [2.24, 2.45) is 0 Å². The zero-order chi connectivity index (χ0) is 29.7. The molecular formula is C42H27NOS. The maximum atomic E-state index is 6.66. The summed E-state index contributed by atoms with van der Waals surface area (Å²) in [5.41, 5.74) is 9.78. The molecule has 0 saturated carbocycles. The van der Waals surface area contributed by atoms with Crippen molar-refractivity contribution in [1.82, 2.24) is 0 Å². The lowest BCUT2D eigenvalue weighted by molar-refractivity contribution is 0.670. The average Bonchev–Trinajstić information content (AvgIpc) is 3.68. The van der Waals surface area contributed by atoms with Gasteiger partial charge in [0.1, 0.15) is 11.2 Å². The van der Waals surface area contributed by atoms with E-state index in [-0.39, 0.29) is 0 Å². The fourth-order valence-corrected chi connectivity index (χ4v) is 7.79. The van der Waals surface area contributed by atoms with Gasteiger partial charge in [-0.05, 0) is 71.3 Å². The first-order chi connectivity index (χ1) is 22.3. The van der Waals surface area contributed by atoms with Crippen LogP contribution in [-0.4, -0.2) is 0 Å². The molecule has 0 saturated heterocycles. The summed E-state index contributed by atoms with van der Waals surface area (Å²) in [7, 11) is 0. The number of fused-ring (bicyclic) bond motifs is 7. The number of nitrogens with zero attached hydrogens (tertiary/aromatic N) is 1. The molecule has 0 fully saturated rings. The Hall–Kier alpha value is -5.64. The van der Waals surface area contributed by atoms with Crippen LogP contribution >= 0.6 is 11.3 Å². The van der Waals surface area contributed by atoms with Gasteiger partial charge in [0.15, 0.2) is 0 Å². The topological polar surface area (TPSA) is 16.4 Å². The van der Waals surface area contributed by atoms with Crippen LogP contribution in [0.5, 0.6) is 0 Å². The van der Waals surface area contributed by atoms with Gasteiger partial charge in [0.05, 0.1) is 0 Å². The first kappa shape index (κ1) is 25.8. The van der Waals surface area contributed by atoms with Crippen molar-refractivity contribution >= 4 is 70.5 Å². The van der Waals surface area contributed by atoms with E-state index in [0.29, 0.717) is 0 Å². The van der Waals surface area contributed by atoms with Crippen molar-refractivity contribution in [1.29, 1.82) is 0 Å². The van der Waals surface area contributed by atoms with Crippen molar-refractivity contribution in [2.75, 3.05) is 4.90 Å². The van der Waals surface area contributed by atoms with Gasteiger partial charge in [0.2, 0.25) is 0 Å². The Morgan fingerprint density at radius 3 is 1.89 bits per heavy atom. The lowest BCUT2D eigenvalue weighted by Crippen LogP contribution is -2.09. The highest BCUT2D eigenvalue weighted by atomic mass is 32.1. The van der Waals surface area contributed by atoms with Gasteiger partial charge in [-0.3, -0.25) is 0 Å². The Balaban J connectivity index is 1.25. The molecule has 7 aromatic carbocycles. The van der Waals surface area contributed by atoms with Crippen molar-refractivity contribution in [3.05, 3.63) is 164 Å². The summed E-state index contributed by atoms with van der Waals surface area (Å²) in [5, 5.41) is 4.91. The molecule has 0 amide bonds. The van der Waals surface area contributed by atoms with Gasteiger partial charge >= 0.3 is 0 Å². The number of rotatable bonds is 5. The number of furan rings is 1. The SMILES string of the molecule is c1ccc(-c2ccc(N(c3ccccc3)c3cccc(-c4cc5c6ccccc6sc5c5c4oc4ccccc45)c3)cc2)cc1. The van der Waals surface area contributed by atoms with Gasteiger partial charge in [0, 0.05) is 53.6 Å². The summed E-state index contributed by atoms with van der Waals surface area (Å²) in [5.74, 6) is 0. The maximum Gasteiger partial charge on any atom is 0.144 e. The van der Waals surface area contributed by atoms with Crippen molar-refractivity contribution in [2.45, 2.75) is 0 Å². The Morgan fingerprint density at radius 1 is 0.444 bits per heavy atom. The zero-order valence-electron chi connectivity index (χ0n) is 24.4. The number of hydrogen-bond donors (Lipinski definition) is 0. The molecule has 0 atom stereocenters. The van der Waals surface area contributed by atoms with E-state index in [0.717, 1.165) is 44.7 Å². The number of hydrogen-bond acceptors (Lipinski definition) is 3. The predicted octanol–water partition coefficient (Wildman–Crippen LogP) is 12.8. The summed E-state index contributed by atoms with van der Waals surface area (Å²) >= 11 is 1.85. The lowest BCUT2D eigenvalue weighted by Gasteiger charge is -2.26.